The summed E-state index contributed by atoms with van der Waals surface area (Å²) in [5.74, 6) is 0.0799. The van der Waals surface area contributed by atoms with Crippen molar-refractivity contribution < 1.29 is 18.0 Å². The van der Waals surface area contributed by atoms with E-state index in [1.807, 2.05) is 29.2 Å². The monoisotopic (exact) mass is 440 g/mol. The van der Waals surface area contributed by atoms with Crippen molar-refractivity contribution in [2.24, 2.45) is 0 Å². The van der Waals surface area contributed by atoms with Crippen LogP contribution in [0.25, 0.3) is 11.3 Å². The van der Waals surface area contributed by atoms with Crippen LogP contribution in [0.15, 0.2) is 60.7 Å². The van der Waals surface area contributed by atoms with E-state index in [1.54, 1.807) is 0 Å². The molecule has 0 radical (unpaired) electrons. The average molecular weight is 440 g/mol. The van der Waals surface area contributed by atoms with Crippen LogP contribution in [0.1, 0.15) is 28.4 Å². The molecule has 0 spiro atoms. The first-order chi connectivity index (χ1) is 15.4. The Morgan fingerprint density at radius 2 is 1.59 bits per heavy atom. The van der Waals surface area contributed by atoms with Gasteiger partial charge in [0.2, 0.25) is 0 Å². The number of carbonyl (C=O) groups excluding carboxylic acids is 1. The van der Waals surface area contributed by atoms with E-state index in [4.69, 9.17) is 0 Å². The summed E-state index contributed by atoms with van der Waals surface area (Å²) < 4.78 is 39.8. The zero-order valence-electron chi connectivity index (χ0n) is 17.6. The Labute approximate surface area is 184 Å². The number of hydrogen-bond donors (Lipinski definition) is 0. The number of nitrogens with zero attached hydrogens (tertiary/aromatic N) is 4. The average Bonchev–Trinajstić information content (AvgIpc) is 2.83. The number of halogens is 3. The SMILES string of the molecule is CCc1ccc(-c2ccc(N3CCN(C(=O)c4ccccc4C(F)(F)F)CC3)nn2)cc1. The highest BCUT2D eigenvalue weighted by atomic mass is 19.4. The lowest BCUT2D eigenvalue weighted by atomic mass is 10.1. The molecule has 3 aromatic rings. The third-order valence-corrected chi connectivity index (χ3v) is 5.66. The Hall–Kier alpha value is -3.42. The van der Waals surface area contributed by atoms with Gasteiger partial charge in [-0.25, -0.2) is 0 Å². The third-order valence-electron chi connectivity index (χ3n) is 5.66. The van der Waals surface area contributed by atoms with E-state index in [0.717, 1.165) is 23.7 Å². The van der Waals surface area contributed by atoms with Crippen molar-refractivity contribution in [2.45, 2.75) is 19.5 Å². The van der Waals surface area contributed by atoms with Crippen LogP contribution in [0.3, 0.4) is 0 Å². The second kappa shape index (κ2) is 8.98. The summed E-state index contributed by atoms with van der Waals surface area (Å²) in [6.07, 6.45) is -3.59. The number of piperazine rings is 1. The molecule has 166 valence electrons. The number of carbonyl (C=O) groups is 1. The molecule has 0 aliphatic carbocycles. The molecule has 1 aromatic heterocycles. The molecule has 32 heavy (non-hydrogen) atoms. The Morgan fingerprint density at radius 1 is 0.906 bits per heavy atom. The number of amides is 1. The maximum Gasteiger partial charge on any atom is 0.417 e. The Morgan fingerprint density at radius 3 is 2.19 bits per heavy atom. The molecule has 1 aliphatic heterocycles. The molecule has 8 heteroatoms. The van der Waals surface area contributed by atoms with Crippen molar-refractivity contribution in [3.05, 3.63) is 77.4 Å². The standard InChI is InChI=1S/C24H23F3N4O/c1-2-17-7-9-18(10-8-17)21-11-12-22(29-28-21)30-13-15-31(16-14-30)23(32)19-5-3-4-6-20(19)24(25,26)27/h3-12H,2,13-16H2,1H3. The van der Waals surface area contributed by atoms with Gasteiger partial charge in [0.25, 0.3) is 5.91 Å². The van der Waals surface area contributed by atoms with E-state index in [0.29, 0.717) is 32.0 Å². The first-order valence-electron chi connectivity index (χ1n) is 10.5. The molecule has 0 atom stereocenters. The third kappa shape index (κ3) is 4.59. The molecule has 1 amide bonds. The molecule has 0 N–H and O–H groups in total. The fourth-order valence-electron chi connectivity index (χ4n) is 3.78. The van der Waals surface area contributed by atoms with E-state index in [-0.39, 0.29) is 5.56 Å². The summed E-state index contributed by atoms with van der Waals surface area (Å²) in [7, 11) is 0. The van der Waals surface area contributed by atoms with E-state index < -0.39 is 17.6 Å². The van der Waals surface area contributed by atoms with Gasteiger partial charge in [-0.3, -0.25) is 4.79 Å². The number of aromatic nitrogens is 2. The molecule has 1 saturated heterocycles. The molecule has 4 rings (SSSR count). The zero-order valence-corrected chi connectivity index (χ0v) is 17.6. The lowest BCUT2D eigenvalue weighted by molar-refractivity contribution is -0.138. The van der Waals surface area contributed by atoms with E-state index >= 15 is 0 Å². The van der Waals surface area contributed by atoms with Gasteiger partial charge in [0.1, 0.15) is 0 Å². The first kappa shape index (κ1) is 21.8. The van der Waals surface area contributed by atoms with Crippen LogP contribution in [0.2, 0.25) is 0 Å². The van der Waals surface area contributed by atoms with Crippen LogP contribution < -0.4 is 4.90 Å². The predicted octanol–water partition coefficient (Wildman–Crippen LogP) is 4.69. The Bertz CT molecular complexity index is 1070. The lowest BCUT2D eigenvalue weighted by Gasteiger charge is -2.35. The van der Waals surface area contributed by atoms with Gasteiger partial charge in [0, 0.05) is 31.7 Å². The highest BCUT2D eigenvalue weighted by molar-refractivity contribution is 5.96. The summed E-state index contributed by atoms with van der Waals surface area (Å²) >= 11 is 0. The zero-order chi connectivity index (χ0) is 22.7. The molecule has 0 bridgehead atoms. The van der Waals surface area contributed by atoms with Crippen molar-refractivity contribution >= 4 is 11.7 Å². The van der Waals surface area contributed by atoms with Gasteiger partial charge in [-0.2, -0.15) is 13.2 Å². The van der Waals surface area contributed by atoms with E-state index in [1.165, 1.54) is 28.7 Å². The summed E-state index contributed by atoms with van der Waals surface area (Å²) in [6, 6.07) is 16.9. The van der Waals surface area contributed by atoms with Gasteiger partial charge in [-0.15, -0.1) is 10.2 Å². The normalized spacial score (nSPS) is 14.5. The molecular formula is C24H23F3N4O. The topological polar surface area (TPSA) is 49.3 Å². The molecule has 1 aliphatic rings. The summed E-state index contributed by atoms with van der Waals surface area (Å²) in [6.45, 7) is 3.67. The van der Waals surface area contributed by atoms with Crippen molar-refractivity contribution in [2.75, 3.05) is 31.1 Å². The number of anilines is 1. The number of alkyl halides is 3. The fourth-order valence-corrected chi connectivity index (χ4v) is 3.78. The van der Waals surface area contributed by atoms with E-state index in [2.05, 4.69) is 29.3 Å². The van der Waals surface area contributed by atoms with Crippen LogP contribution in [0.5, 0.6) is 0 Å². The Balaban J connectivity index is 1.41. The number of rotatable bonds is 4. The van der Waals surface area contributed by atoms with Crippen molar-refractivity contribution in [3.63, 3.8) is 0 Å². The largest absolute Gasteiger partial charge is 0.417 e. The summed E-state index contributed by atoms with van der Waals surface area (Å²) in [5, 5.41) is 8.64. The minimum absolute atomic E-state index is 0.312. The molecule has 0 unspecified atom stereocenters. The predicted molar refractivity (Wildman–Crippen MR) is 116 cm³/mol. The molecule has 2 heterocycles. The Kier molecular flexibility index (Phi) is 6.12. The van der Waals surface area contributed by atoms with E-state index in [9.17, 15) is 18.0 Å². The summed E-state index contributed by atoms with van der Waals surface area (Å²) in [5.41, 5.74) is 1.80. The first-order valence-corrected chi connectivity index (χ1v) is 10.5. The number of hydrogen-bond acceptors (Lipinski definition) is 4. The molecule has 5 nitrogen and oxygen atoms in total. The summed E-state index contributed by atoms with van der Waals surface area (Å²) in [4.78, 5) is 16.2. The van der Waals surface area contributed by atoms with Crippen LogP contribution in [-0.4, -0.2) is 47.2 Å². The molecular weight excluding hydrogens is 417 g/mol. The van der Waals surface area contributed by atoms with Gasteiger partial charge >= 0.3 is 6.18 Å². The van der Waals surface area contributed by atoms with Crippen molar-refractivity contribution in [1.82, 2.24) is 15.1 Å². The lowest BCUT2D eigenvalue weighted by Crippen LogP contribution is -2.49. The fraction of sp³-hybridized carbons (Fsp3) is 0.292. The highest BCUT2D eigenvalue weighted by Crippen LogP contribution is 2.32. The van der Waals surface area contributed by atoms with Crippen molar-refractivity contribution in [1.29, 1.82) is 0 Å². The highest BCUT2D eigenvalue weighted by Gasteiger charge is 2.36. The second-order valence-corrected chi connectivity index (χ2v) is 7.65. The second-order valence-electron chi connectivity index (χ2n) is 7.65. The quantitative estimate of drug-likeness (QED) is 0.591. The number of benzene rings is 2. The minimum Gasteiger partial charge on any atom is -0.352 e. The van der Waals surface area contributed by atoms with Crippen LogP contribution in [0, 0.1) is 0 Å². The van der Waals surface area contributed by atoms with Crippen molar-refractivity contribution in [3.8, 4) is 11.3 Å². The van der Waals surface area contributed by atoms with Gasteiger partial charge in [0.15, 0.2) is 5.82 Å². The van der Waals surface area contributed by atoms with Gasteiger partial charge in [-0.1, -0.05) is 43.3 Å². The maximum absolute atomic E-state index is 13.3. The van der Waals surface area contributed by atoms with Crippen LogP contribution in [0.4, 0.5) is 19.0 Å². The smallest absolute Gasteiger partial charge is 0.352 e. The van der Waals surface area contributed by atoms with Crippen LogP contribution >= 0.6 is 0 Å². The van der Waals surface area contributed by atoms with Gasteiger partial charge in [-0.05, 0) is 36.2 Å². The van der Waals surface area contributed by atoms with Crippen LogP contribution in [-0.2, 0) is 12.6 Å². The van der Waals surface area contributed by atoms with Gasteiger partial charge < -0.3 is 9.80 Å². The molecule has 0 saturated carbocycles. The van der Waals surface area contributed by atoms with Gasteiger partial charge in [0.05, 0.1) is 16.8 Å². The minimum atomic E-state index is -4.57. The number of aryl methyl sites for hydroxylation is 1. The molecule has 2 aromatic carbocycles. The molecule has 1 fully saturated rings. The maximum atomic E-state index is 13.3.